The fourth-order valence-electron chi connectivity index (χ4n) is 10.9. The minimum absolute atomic E-state index is 0.153. The van der Waals surface area contributed by atoms with E-state index in [1.165, 1.54) is 82.7 Å². The molecule has 4 nitrogen and oxygen atoms in total. The van der Waals surface area contributed by atoms with Crippen LogP contribution in [-0.4, -0.2) is 19.2 Å². The van der Waals surface area contributed by atoms with Crippen LogP contribution in [-0.2, 0) is 0 Å². The molecule has 59 heavy (non-hydrogen) atoms. The number of para-hydroxylation sites is 6. The summed E-state index contributed by atoms with van der Waals surface area (Å²) < 4.78 is 7.42. The second-order valence-electron chi connectivity index (χ2n) is 16.3. The quantitative estimate of drug-likeness (QED) is 0.175. The lowest BCUT2D eigenvalue weighted by Gasteiger charge is -2.41. The Balaban J connectivity index is 1.03. The second-order valence-corrected chi connectivity index (χ2v) is 16.3. The normalized spacial score (nSPS) is 17.0. The minimum atomic E-state index is -0.277. The van der Waals surface area contributed by atoms with E-state index in [-0.39, 0.29) is 11.5 Å². The molecule has 0 saturated heterocycles. The average molecular weight is 755 g/mol. The third-order valence-electron chi connectivity index (χ3n) is 13.2. The van der Waals surface area contributed by atoms with Crippen molar-refractivity contribution in [1.29, 1.82) is 0 Å². The highest BCUT2D eigenvalue weighted by Gasteiger charge is 2.51. The molecule has 2 atom stereocenters. The smallest absolute Gasteiger partial charge is 0.0788 e. The third-order valence-corrected chi connectivity index (χ3v) is 13.2. The third kappa shape index (κ3) is 4.32. The molecule has 1 aliphatic heterocycles. The molecule has 13 rings (SSSR count). The maximum atomic E-state index is 2.55. The van der Waals surface area contributed by atoms with Crippen LogP contribution in [0.4, 0.5) is 11.4 Å². The predicted molar refractivity (Wildman–Crippen MR) is 246 cm³/mol. The molecule has 0 spiro atoms. The lowest BCUT2D eigenvalue weighted by atomic mass is 9.74. The molecule has 0 bridgehead atoms. The first-order chi connectivity index (χ1) is 29.2. The number of rotatable bonds is 4. The number of fused-ring (bicyclic) bond motifs is 14. The summed E-state index contributed by atoms with van der Waals surface area (Å²) in [6, 6.07) is 71.2. The number of hydrogen-bond acceptors (Lipinski definition) is 1. The van der Waals surface area contributed by atoms with Gasteiger partial charge in [-0.3, -0.25) is 0 Å². The van der Waals surface area contributed by atoms with Crippen molar-refractivity contribution in [3.05, 3.63) is 217 Å². The molecule has 2 aliphatic rings. The molecule has 8 aromatic carbocycles. The Morgan fingerprint density at radius 2 is 0.847 bits per heavy atom. The zero-order chi connectivity index (χ0) is 38.8. The molecule has 0 N–H and O–H groups in total. The summed E-state index contributed by atoms with van der Waals surface area (Å²) in [6.07, 6.45) is 4.83. The van der Waals surface area contributed by atoms with Crippen LogP contribution < -0.4 is 4.90 Å². The van der Waals surface area contributed by atoms with Gasteiger partial charge in [-0.05, 0) is 96.9 Å². The van der Waals surface area contributed by atoms with Gasteiger partial charge in [-0.1, -0.05) is 127 Å². The summed E-state index contributed by atoms with van der Waals surface area (Å²) in [7, 11) is 0. The van der Waals surface area contributed by atoms with Crippen molar-refractivity contribution < 1.29 is 0 Å². The first-order valence-electron chi connectivity index (χ1n) is 20.6. The van der Waals surface area contributed by atoms with Crippen molar-refractivity contribution in [2.24, 2.45) is 0 Å². The van der Waals surface area contributed by atoms with Gasteiger partial charge >= 0.3 is 0 Å². The van der Waals surface area contributed by atoms with Gasteiger partial charge in [-0.25, -0.2) is 0 Å². The SMILES string of the molecule is CC12C=Cc3c(c4ccccc4n3-c3ccc(-n4c5ccccc5c5ccc6c7ccccc7n(-c7ccccc7)c6c54)cc3)C1c1ccccc1N2c1ccccc1. The van der Waals surface area contributed by atoms with E-state index in [4.69, 9.17) is 0 Å². The summed E-state index contributed by atoms with van der Waals surface area (Å²) in [5, 5.41) is 6.30. The van der Waals surface area contributed by atoms with Gasteiger partial charge in [0.1, 0.15) is 0 Å². The Hall–Kier alpha value is -7.56. The maximum Gasteiger partial charge on any atom is 0.0788 e. The topological polar surface area (TPSA) is 18.0 Å². The monoisotopic (exact) mass is 754 g/mol. The Morgan fingerprint density at radius 3 is 1.46 bits per heavy atom. The zero-order valence-electron chi connectivity index (χ0n) is 32.5. The van der Waals surface area contributed by atoms with Crippen LogP contribution in [0.5, 0.6) is 0 Å². The van der Waals surface area contributed by atoms with Crippen LogP contribution in [0.1, 0.15) is 29.7 Å². The van der Waals surface area contributed by atoms with E-state index < -0.39 is 0 Å². The Bertz CT molecular complexity index is 3510. The standard InChI is InChI=1S/C55H38N4/c1-55-35-34-50-51(52(55)45-23-11-15-27-49(45)59(55)39-18-6-3-7-19-39)44-22-10-14-26-48(44)56(50)37-28-30-38(31-29-37)58-47-25-13-9-21-41(47)43-33-32-42-40-20-8-12-24-46(40)57(53(42)54(43)58)36-16-4-2-5-17-36/h2-35,52H,1H3. The highest BCUT2D eigenvalue weighted by molar-refractivity contribution is 6.23. The van der Waals surface area contributed by atoms with E-state index in [1.54, 1.807) is 0 Å². The molecular formula is C55H38N4. The van der Waals surface area contributed by atoms with Gasteiger partial charge in [0.15, 0.2) is 0 Å². The molecular weight excluding hydrogens is 717 g/mol. The first kappa shape index (κ1) is 32.5. The molecule has 1 aliphatic carbocycles. The average Bonchev–Trinajstić information content (AvgIpc) is 4.00. The van der Waals surface area contributed by atoms with Crippen LogP contribution in [0.25, 0.3) is 77.7 Å². The van der Waals surface area contributed by atoms with E-state index in [2.05, 4.69) is 232 Å². The summed E-state index contributed by atoms with van der Waals surface area (Å²) in [6.45, 7) is 2.41. The van der Waals surface area contributed by atoms with E-state index in [1.807, 2.05) is 0 Å². The fourth-order valence-corrected chi connectivity index (χ4v) is 10.9. The largest absolute Gasteiger partial charge is 0.331 e. The summed E-state index contributed by atoms with van der Waals surface area (Å²) >= 11 is 0. The van der Waals surface area contributed by atoms with E-state index in [9.17, 15) is 0 Å². The van der Waals surface area contributed by atoms with Crippen molar-refractivity contribution in [2.45, 2.75) is 18.4 Å². The van der Waals surface area contributed by atoms with Gasteiger partial charge in [0.25, 0.3) is 0 Å². The van der Waals surface area contributed by atoms with E-state index in [0.717, 1.165) is 17.1 Å². The molecule has 0 amide bonds. The van der Waals surface area contributed by atoms with Gasteiger partial charge in [0.05, 0.1) is 38.8 Å². The Kier molecular flexibility index (Phi) is 6.60. The molecule has 2 unspecified atom stereocenters. The summed E-state index contributed by atoms with van der Waals surface area (Å²) in [5.74, 6) is 0.153. The molecule has 3 aromatic heterocycles. The van der Waals surface area contributed by atoms with Crippen molar-refractivity contribution >= 4 is 72.0 Å². The van der Waals surface area contributed by atoms with Crippen molar-refractivity contribution in [3.8, 4) is 17.1 Å². The Morgan fingerprint density at radius 1 is 0.390 bits per heavy atom. The molecule has 11 aromatic rings. The lowest BCUT2D eigenvalue weighted by Crippen LogP contribution is -2.43. The summed E-state index contributed by atoms with van der Waals surface area (Å²) in [5.41, 5.74) is 15.7. The van der Waals surface area contributed by atoms with Crippen LogP contribution in [0.2, 0.25) is 0 Å². The fraction of sp³-hybridized carbons (Fsp3) is 0.0545. The van der Waals surface area contributed by atoms with Gasteiger partial charge in [0.2, 0.25) is 0 Å². The number of anilines is 2. The molecule has 0 saturated carbocycles. The Labute approximate surface area is 341 Å². The van der Waals surface area contributed by atoms with Crippen LogP contribution in [0.15, 0.2) is 200 Å². The van der Waals surface area contributed by atoms with Crippen LogP contribution in [0, 0.1) is 0 Å². The highest BCUT2D eigenvalue weighted by Crippen LogP contribution is 2.59. The minimum Gasteiger partial charge on any atom is -0.331 e. The molecule has 278 valence electrons. The number of benzene rings is 8. The van der Waals surface area contributed by atoms with Gasteiger partial charge < -0.3 is 18.6 Å². The molecule has 4 heteroatoms. The van der Waals surface area contributed by atoms with E-state index >= 15 is 0 Å². The number of nitrogens with zero attached hydrogens (tertiary/aromatic N) is 4. The molecule has 0 fully saturated rings. The highest BCUT2D eigenvalue weighted by atomic mass is 15.2. The number of hydrogen-bond donors (Lipinski definition) is 0. The maximum absolute atomic E-state index is 2.55. The van der Waals surface area contributed by atoms with Crippen molar-refractivity contribution in [2.75, 3.05) is 4.90 Å². The summed E-state index contributed by atoms with van der Waals surface area (Å²) in [4.78, 5) is 2.55. The zero-order valence-corrected chi connectivity index (χ0v) is 32.5. The van der Waals surface area contributed by atoms with Crippen molar-refractivity contribution in [3.63, 3.8) is 0 Å². The first-order valence-corrected chi connectivity index (χ1v) is 20.6. The lowest BCUT2D eigenvalue weighted by molar-refractivity contribution is 0.533. The van der Waals surface area contributed by atoms with Crippen molar-refractivity contribution in [1.82, 2.24) is 13.7 Å². The molecule has 4 heterocycles. The number of aromatic nitrogens is 3. The predicted octanol–water partition coefficient (Wildman–Crippen LogP) is 13.9. The molecule has 0 radical (unpaired) electrons. The van der Waals surface area contributed by atoms with Gasteiger partial charge in [-0.2, -0.15) is 0 Å². The van der Waals surface area contributed by atoms with Crippen LogP contribution >= 0.6 is 0 Å². The van der Waals surface area contributed by atoms with Gasteiger partial charge in [-0.15, -0.1) is 0 Å². The van der Waals surface area contributed by atoms with Gasteiger partial charge in [0, 0.05) is 61.3 Å². The second kappa shape index (κ2) is 12.0. The van der Waals surface area contributed by atoms with E-state index in [0.29, 0.717) is 0 Å². The van der Waals surface area contributed by atoms with Crippen LogP contribution in [0.3, 0.4) is 0 Å².